The number of hydrogen-bond donors (Lipinski definition) is 1. The van der Waals surface area contributed by atoms with E-state index in [1.807, 2.05) is 0 Å². The number of nitrogens with zero attached hydrogens (tertiary/aromatic N) is 6. The number of halogens is 1. The minimum Gasteiger partial charge on any atom is -0.464 e. The number of rotatable bonds is 8. The van der Waals surface area contributed by atoms with E-state index in [1.165, 1.54) is 58.3 Å². The van der Waals surface area contributed by atoms with Gasteiger partial charge >= 0.3 is 5.69 Å². The van der Waals surface area contributed by atoms with E-state index in [2.05, 4.69) is 20.5 Å². The summed E-state index contributed by atoms with van der Waals surface area (Å²) in [6.07, 6.45) is 2.92. The van der Waals surface area contributed by atoms with E-state index in [1.54, 1.807) is 18.2 Å². The van der Waals surface area contributed by atoms with Gasteiger partial charge in [0.1, 0.15) is 12.1 Å². The maximum Gasteiger partial charge on any atom is 0.311 e. The molecular weight excluding hydrogens is 421 g/mol. The summed E-state index contributed by atoms with van der Waals surface area (Å²) in [5.74, 6) is -0.736. The molecule has 32 heavy (non-hydrogen) atoms. The lowest BCUT2D eigenvalue weighted by Crippen LogP contribution is -2.15. The van der Waals surface area contributed by atoms with Crippen molar-refractivity contribution in [1.29, 1.82) is 0 Å². The molecule has 0 aliphatic heterocycles. The van der Waals surface area contributed by atoms with Gasteiger partial charge in [0, 0.05) is 12.3 Å². The highest BCUT2D eigenvalue weighted by molar-refractivity contribution is 6.01. The Hall–Kier alpha value is -4.61. The summed E-state index contributed by atoms with van der Waals surface area (Å²) in [6, 6.07) is 13.5. The highest BCUT2D eigenvalue weighted by Gasteiger charge is 2.15. The van der Waals surface area contributed by atoms with Crippen molar-refractivity contribution in [3.8, 4) is 5.75 Å². The van der Waals surface area contributed by atoms with Crippen LogP contribution in [0.3, 0.4) is 0 Å². The van der Waals surface area contributed by atoms with E-state index in [0.29, 0.717) is 5.56 Å². The molecule has 11 nitrogen and oxygen atoms in total. The van der Waals surface area contributed by atoms with Crippen LogP contribution < -0.4 is 10.1 Å². The first kappa shape index (κ1) is 20.7. The molecule has 0 atom stereocenters. The molecule has 1 amide bonds. The van der Waals surface area contributed by atoms with Crippen LogP contribution in [-0.4, -0.2) is 35.4 Å². The summed E-state index contributed by atoms with van der Waals surface area (Å²) in [4.78, 5) is 26.9. The van der Waals surface area contributed by atoms with Crippen LogP contribution in [0.25, 0.3) is 0 Å². The third kappa shape index (κ3) is 4.92. The van der Waals surface area contributed by atoms with Crippen LogP contribution in [0, 0.1) is 15.9 Å². The van der Waals surface area contributed by atoms with Crippen molar-refractivity contribution in [3.05, 3.63) is 94.3 Å². The number of benzene rings is 2. The van der Waals surface area contributed by atoms with Gasteiger partial charge in [-0.25, -0.2) is 18.7 Å². The molecule has 2 aromatic carbocycles. The Labute approximate surface area is 180 Å². The molecule has 0 radical (unpaired) electrons. The molecule has 162 valence electrons. The second kappa shape index (κ2) is 9.04. The van der Waals surface area contributed by atoms with E-state index in [9.17, 15) is 19.3 Å². The Bertz CT molecular complexity index is 1270. The van der Waals surface area contributed by atoms with E-state index in [0.717, 1.165) is 0 Å². The smallest absolute Gasteiger partial charge is 0.311 e. The Morgan fingerprint density at radius 3 is 2.78 bits per heavy atom. The lowest BCUT2D eigenvalue weighted by molar-refractivity contribution is -0.386. The summed E-state index contributed by atoms with van der Waals surface area (Å²) in [7, 11) is 0. The predicted molar refractivity (Wildman–Crippen MR) is 109 cm³/mol. The van der Waals surface area contributed by atoms with Gasteiger partial charge in [-0.1, -0.05) is 24.3 Å². The Morgan fingerprint density at radius 2 is 1.97 bits per heavy atom. The van der Waals surface area contributed by atoms with Crippen molar-refractivity contribution < 1.29 is 18.8 Å². The Morgan fingerprint density at radius 1 is 1.12 bits per heavy atom. The molecule has 0 spiro atoms. The number of amides is 1. The van der Waals surface area contributed by atoms with Crippen molar-refractivity contribution in [1.82, 2.24) is 24.5 Å². The molecule has 0 aliphatic carbocycles. The molecule has 4 aromatic rings. The number of nitro benzene ring substituents is 1. The lowest BCUT2D eigenvalue weighted by atomic mass is 10.2. The van der Waals surface area contributed by atoms with Gasteiger partial charge in [0.25, 0.3) is 5.91 Å². The van der Waals surface area contributed by atoms with Gasteiger partial charge in [-0.2, -0.15) is 5.10 Å². The first-order valence-corrected chi connectivity index (χ1v) is 9.33. The van der Waals surface area contributed by atoms with Crippen molar-refractivity contribution in [3.63, 3.8) is 0 Å². The van der Waals surface area contributed by atoms with Gasteiger partial charge in [-0.3, -0.25) is 20.2 Å². The van der Waals surface area contributed by atoms with Crippen molar-refractivity contribution >= 4 is 17.5 Å². The number of ether oxygens (including phenoxy) is 1. The van der Waals surface area contributed by atoms with Gasteiger partial charge < -0.3 is 4.74 Å². The predicted octanol–water partition coefficient (Wildman–Crippen LogP) is 2.86. The Balaban J connectivity index is 1.35. The summed E-state index contributed by atoms with van der Waals surface area (Å²) in [5, 5.41) is 21.8. The van der Waals surface area contributed by atoms with E-state index < -0.39 is 10.8 Å². The van der Waals surface area contributed by atoms with Crippen LogP contribution in [-0.2, 0) is 13.3 Å². The molecule has 0 unspecified atom stereocenters. The number of carbonyl (C=O) groups excluding carboxylic acids is 1. The molecule has 2 heterocycles. The van der Waals surface area contributed by atoms with Gasteiger partial charge in [-0.05, 0) is 29.8 Å². The molecule has 0 saturated carbocycles. The SMILES string of the molecule is O=C(Nc1ncn(Cc2cccc(F)c2)n1)c1ccn(COc2ccccc2[N+](=O)[O-])n1. The molecule has 2 aromatic heterocycles. The largest absolute Gasteiger partial charge is 0.464 e. The fraction of sp³-hybridized carbons (Fsp3) is 0.100. The van der Waals surface area contributed by atoms with Gasteiger partial charge in [0.05, 0.1) is 11.5 Å². The summed E-state index contributed by atoms with van der Waals surface area (Å²) in [6.45, 7) is 0.164. The maximum absolute atomic E-state index is 13.3. The average molecular weight is 437 g/mol. The quantitative estimate of drug-likeness (QED) is 0.331. The van der Waals surface area contributed by atoms with Gasteiger partial charge in [0.15, 0.2) is 18.2 Å². The number of nitro groups is 1. The number of nitrogens with one attached hydrogen (secondary N) is 1. The highest BCUT2D eigenvalue weighted by atomic mass is 19.1. The van der Waals surface area contributed by atoms with Crippen LogP contribution in [0.2, 0.25) is 0 Å². The fourth-order valence-corrected chi connectivity index (χ4v) is 2.84. The van der Waals surface area contributed by atoms with E-state index >= 15 is 0 Å². The molecular formula is C20H16FN7O4. The minimum absolute atomic E-state index is 0.0668. The number of anilines is 1. The zero-order chi connectivity index (χ0) is 22.5. The van der Waals surface area contributed by atoms with Crippen LogP contribution in [0.5, 0.6) is 5.75 Å². The topological polar surface area (TPSA) is 130 Å². The third-order valence-electron chi connectivity index (χ3n) is 4.28. The first-order valence-electron chi connectivity index (χ1n) is 9.33. The summed E-state index contributed by atoms with van der Waals surface area (Å²) >= 11 is 0. The van der Waals surface area contributed by atoms with E-state index in [-0.39, 0.29) is 42.2 Å². The molecule has 0 aliphatic rings. The first-order chi connectivity index (χ1) is 15.5. The molecule has 12 heteroatoms. The van der Waals surface area contributed by atoms with Crippen LogP contribution in [0.4, 0.5) is 16.0 Å². The summed E-state index contributed by atoms with van der Waals surface area (Å²) in [5.41, 5.74) is 0.611. The number of hydrogen-bond acceptors (Lipinski definition) is 7. The normalized spacial score (nSPS) is 10.7. The maximum atomic E-state index is 13.3. The zero-order valence-corrected chi connectivity index (χ0v) is 16.5. The van der Waals surface area contributed by atoms with E-state index in [4.69, 9.17) is 4.74 Å². The van der Waals surface area contributed by atoms with Crippen LogP contribution >= 0.6 is 0 Å². The minimum atomic E-state index is -0.544. The molecule has 0 fully saturated rings. The second-order valence-electron chi connectivity index (χ2n) is 6.59. The van der Waals surface area contributed by atoms with Crippen LogP contribution in [0.1, 0.15) is 16.1 Å². The second-order valence-corrected chi connectivity index (χ2v) is 6.59. The number of para-hydroxylation sites is 2. The number of carbonyl (C=O) groups is 1. The van der Waals surface area contributed by atoms with Gasteiger partial charge in [0.2, 0.25) is 5.95 Å². The van der Waals surface area contributed by atoms with Crippen molar-refractivity contribution in [2.45, 2.75) is 13.3 Å². The molecule has 0 bridgehead atoms. The molecule has 4 rings (SSSR count). The average Bonchev–Trinajstić information content (AvgIpc) is 3.42. The van der Waals surface area contributed by atoms with Crippen molar-refractivity contribution in [2.75, 3.05) is 5.32 Å². The Kier molecular flexibility index (Phi) is 5.83. The van der Waals surface area contributed by atoms with Gasteiger partial charge in [-0.15, -0.1) is 5.10 Å². The summed E-state index contributed by atoms with van der Waals surface area (Å²) < 4.78 is 21.5. The van der Waals surface area contributed by atoms with Crippen molar-refractivity contribution in [2.24, 2.45) is 0 Å². The fourth-order valence-electron chi connectivity index (χ4n) is 2.84. The van der Waals surface area contributed by atoms with Crippen LogP contribution in [0.15, 0.2) is 67.1 Å². The molecule has 1 N–H and O–H groups in total. The third-order valence-corrected chi connectivity index (χ3v) is 4.28. The number of aromatic nitrogens is 5. The standard InChI is InChI=1S/C20H16FN7O4/c21-15-5-3-4-14(10-15)11-27-12-22-20(25-27)23-19(29)16-8-9-26(24-16)13-32-18-7-2-1-6-17(18)28(30)31/h1-10,12H,11,13H2,(H,23,25,29). The molecule has 0 saturated heterocycles. The lowest BCUT2D eigenvalue weighted by Gasteiger charge is -2.06. The monoisotopic (exact) mass is 437 g/mol. The highest BCUT2D eigenvalue weighted by Crippen LogP contribution is 2.25. The zero-order valence-electron chi connectivity index (χ0n) is 16.5.